The summed E-state index contributed by atoms with van der Waals surface area (Å²) < 4.78 is 12.7. The molecule has 0 saturated heterocycles. The molecule has 100 valence electrons. The van der Waals surface area contributed by atoms with Crippen molar-refractivity contribution >= 4 is 17.5 Å². The predicted octanol–water partition coefficient (Wildman–Crippen LogP) is 3.08. The number of hydrogen-bond donors (Lipinski definition) is 0. The van der Waals surface area contributed by atoms with Crippen LogP contribution in [0.15, 0.2) is 24.3 Å². The van der Waals surface area contributed by atoms with Crippen LogP contribution in [-0.4, -0.2) is 41.8 Å². The van der Waals surface area contributed by atoms with Crippen LogP contribution in [0.25, 0.3) is 0 Å². The Morgan fingerprint density at radius 3 is 2.39 bits per heavy atom. The first kappa shape index (κ1) is 15.2. The summed E-state index contributed by atoms with van der Waals surface area (Å²) in [5.41, 5.74) is 0.590. The van der Waals surface area contributed by atoms with Crippen LogP contribution in [-0.2, 0) is 0 Å². The van der Waals surface area contributed by atoms with Gasteiger partial charge in [0.15, 0.2) is 5.78 Å². The average molecular weight is 269 g/mol. The van der Waals surface area contributed by atoms with Gasteiger partial charge in [-0.3, -0.25) is 4.79 Å². The van der Waals surface area contributed by atoms with E-state index in [-0.39, 0.29) is 11.6 Å². The lowest BCUT2D eigenvalue weighted by Gasteiger charge is -2.17. The number of carbonyl (C=O) groups is 1. The lowest BCUT2D eigenvalue weighted by Crippen LogP contribution is -2.25. The van der Waals surface area contributed by atoms with Gasteiger partial charge in [-0.25, -0.2) is 4.39 Å². The minimum absolute atomic E-state index is 0.0690. The number of carbonyl (C=O) groups excluding carboxylic acids is 1. The molecular weight excluding hydrogens is 249 g/mol. The topological polar surface area (TPSA) is 20.3 Å². The molecule has 0 amide bonds. The molecule has 0 atom stereocenters. The summed E-state index contributed by atoms with van der Waals surface area (Å²) in [5, 5.41) is 0. The van der Waals surface area contributed by atoms with E-state index >= 15 is 0 Å². The van der Waals surface area contributed by atoms with Gasteiger partial charge >= 0.3 is 0 Å². The lowest BCUT2D eigenvalue weighted by atomic mass is 10.1. The predicted molar refractivity (Wildman–Crippen MR) is 75.8 cm³/mol. The Hall–Kier alpha value is -0.870. The molecule has 0 spiro atoms. The molecule has 1 aromatic carbocycles. The van der Waals surface area contributed by atoms with Crippen molar-refractivity contribution in [2.75, 3.05) is 31.1 Å². The van der Waals surface area contributed by atoms with Gasteiger partial charge in [0.25, 0.3) is 0 Å². The Labute approximate surface area is 113 Å². The first-order chi connectivity index (χ1) is 8.67. The minimum atomic E-state index is -0.305. The van der Waals surface area contributed by atoms with Gasteiger partial charge < -0.3 is 4.90 Å². The summed E-state index contributed by atoms with van der Waals surface area (Å²) in [6.07, 6.45) is 0. The molecule has 0 N–H and O–H groups in total. The van der Waals surface area contributed by atoms with E-state index in [4.69, 9.17) is 0 Å². The van der Waals surface area contributed by atoms with Crippen LogP contribution in [0.5, 0.6) is 0 Å². The quantitative estimate of drug-likeness (QED) is 0.534. The van der Waals surface area contributed by atoms with Gasteiger partial charge in [-0.05, 0) is 37.4 Å². The van der Waals surface area contributed by atoms with Crippen LogP contribution in [0.3, 0.4) is 0 Å². The molecule has 0 unspecified atom stereocenters. The Morgan fingerprint density at radius 2 is 1.83 bits per heavy atom. The van der Waals surface area contributed by atoms with Crippen molar-refractivity contribution in [1.29, 1.82) is 0 Å². The van der Waals surface area contributed by atoms with Crippen molar-refractivity contribution in [3.63, 3.8) is 0 Å². The van der Waals surface area contributed by atoms with Crippen molar-refractivity contribution in [3.8, 4) is 0 Å². The maximum atomic E-state index is 12.7. The van der Waals surface area contributed by atoms with Gasteiger partial charge in [0, 0.05) is 17.9 Å². The molecule has 0 bridgehead atoms. The molecule has 0 heterocycles. The maximum absolute atomic E-state index is 12.7. The fourth-order valence-electron chi connectivity index (χ4n) is 1.62. The second kappa shape index (κ2) is 8.27. The van der Waals surface area contributed by atoms with E-state index < -0.39 is 0 Å². The molecule has 0 aliphatic heterocycles. The molecule has 0 aliphatic rings. The second-order valence-corrected chi connectivity index (χ2v) is 5.11. The highest BCUT2D eigenvalue weighted by Gasteiger charge is 2.06. The number of halogens is 1. The number of hydrogen-bond acceptors (Lipinski definition) is 3. The molecule has 18 heavy (non-hydrogen) atoms. The number of benzene rings is 1. The minimum Gasteiger partial charge on any atom is -0.303 e. The van der Waals surface area contributed by atoms with Crippen molar-refractivity contribution in [1.82, 2.24) is 4.90 Å². The summed E-state index contributed by atoms with van der Waals surface area (Å²) in [6, 6.07) is 5.74. The molecule has 0 aromatic heterocycles. The first-order valence-electron chi connectivity index (χ1n) is 6.26. The normalized spacial score (nSPS) is 10.9. The van der Waals surface area contributed by atoms with Crippen LogP contribution < -0.4 is 0 Å². The SMILES string of the molecule is CCN(CC)CCSCC(=O)c1ccc(F)cc1. The zero-order valence-electron chi connectivity index (χ0n) is 11.0. The molecule has 1 rings (SSSR count). The number of thioether (sulfide) groups is 1. The van der Waals surface area contributed by atoms with Gasteiger partial charge in [-0.2, -0.15) is 11.8 Å². The van der Waals surface area contributed by atoms with Crippen LogP contribution in [0.1, 0.15) is 24.2 Å². The zero-order valence-corrected chi connectivity index (χ0v) is 11.8. The van der Waals surface area contributed by atoms with Crippen LogP contribution in [0, 0.1) is 5.82 Å². The fourth-order valence-corrected chi connectivity index (χ4v) is 2.50. The summed E-state index contributed by atoms with van der Waals surface area (Å²) in [4.78, 5) is 14.1. The Kier molecular flexibility index (Phi) is 6.98. The van der Waals surface area contributed by atoms with E-state index in [0.717, 1.165) is 25.4 Å². The molecule has 0 aliphatic carbocycles. The summed E-state index contributed by atoms with van der Waals surface area (Å²) >= 11 is 1.63. The third-order valence-corrected chi connectivity index (χ3v) is 3.78. The van der Waals surface area contributed by atoms with E-state index in [1.54, 1.807) is 23.9 Å². The van der Waals surface area contributed by atoms with Crippen molar-refractivity contribution in [3.05, 3.63) is 35.6 Å². The van der Waals surface area contributed by atoms with Crippen molar-refractivity contribution < 1.29 is 9.18 Å². The molecule has 1 aromatic rings. The van der Waals surface area contributed by atoms with Crippen molar-refractivity contribution in [2.24, 2.45) is 0 Å². The molecule has 4 heteroatoms. The third kappa shape index (κ3) is 5.19. The largest absolute Gasteiger partial charge is 0.303 e. The number of Topliss-reactive ketones (excluding diaryl/α,β-unsaturated/α-hetero) is 1. The lowest BCUT2D eigenvalue weighted by molar-refractivity contribution is 0.102. The van der Waals surface area contributed by atoms with Gasteiger partial charge in [0.2, 0.25) is 0 Å². The average Bonchev–Trinajstić information content (AvgIpc) is 2.39. The van der Waals surface area contributed by atoms with E-state index in [1.165, 1.54) is 12.1 Å². The Morgan fingerprint density at radius 1 is 1.22 bits per heavy atom. The van der Waals surface area contributed by atoms with Gasteiger partial charge in [0.05, 0.1) is 5.75 Å². The summed E-state index contributed by atoms with van der Waals surface area (Å²) in [5.74, 6) is 1.18. The summed E-state index contributed by atoms with van der Waals surface area (Å²) in [6.45, 7) is 7.37. The highest BCUT2D eigenvalue weighted by atomic mass is 32.2. The van der Waals surface area contributed by atoms with E-state index in [9.17, 15) is 9.18 Å². The fraction of sp³-hybridized carbons (Fsp3) is 0.500. The summed E-state index contributed by atoms with van der Waals surface area (Å²) in [7, 11) is 0. The van der Waals surface area contributed by atoms with E-state index in [0.29, 0.717) is 11.3 Å². The second-order valence-electron chi connectivity index (χ2n) is 4.01. The van der Waals surface area contributed by atoms with Crippen molar-refractivity contribution in [2.45, 2.75) is 13.8 Å². The molecule has 2 nitrogen and oxygen atoms in total. The molecule has 0 saturated carbocycles. The van der Waals surface area contributed by atoms with Crippen LogP contribution >= 0.6 is 11.8 Å². The van der Waals surface area contributed by atoms with Gasteiger partial charge in [0.1, 0.15) is 5.82 Å². The number of rotatable bonds is 8. The highest BCUT2D eigenvalue weighted by Crippen LogP contribution is 2.09. The maximum Gasteiger partial charge on any atom is 0.172 e. The van der Waals surface area contributed by atoms with Gasteiger partial charge in [-0.15, -0.1) is 0 Å². The highest BCUT2D eigenvalue weighted by molar-refractivity contribution is 8.00. The Bertz CT molecular complexity index is 363. The molecular formula is C14H20FNOS. The van der Waals surface area contributed by atoms with Gasteiger partial charge in [-0.1, -0.05) is 13.8 Å². The smallest absolute Gasteiger partial charge is 0.172 e. The van der Waals surface area contributed by atoms with Crippen LogP contribution in [0.4, 0.5) is 4.39 Å². The monoisotopic (exact) mass is 269 g/mol. The van der Waals surface area contributed by atoms with E-state index in [2.05, 4.69) is 18.7 Å². The van der Waals surface area contributed by atoms with E-state index in [1.807, 2.05) is 0 Å². The third-order valence-electron chi connectivity index (χ3n) is 2.85. The Balaban J connectivity index is 2.27. The standard InChI is InChI=1S/C14H20FNOS/c1-3-16(4-2)9-10-18-11-14(17)12-5-7-13(15)8-6-12/h5-8H,3-4,9-11H2,1-2H3. The molecule has 0 fully saturated rings. The number of nitrogens with zero attached hydrogens (tertiary/aromatic N) is 1. The number of ketones is 1. The molecule has 0 radical (unpaired) electrons. The zero-order chi connectivity index (χ0) is 13.4. The van der Waals surface area contributed by atoms with Crippen LogP contribution in [0.2, 0.25) is 0 Å². The first-order valence-corrected chi connectivity index (χ1v) is 7.41.